The second kappa shape index (κ2) is 3.54. The first-order valence-corrected chi connectivity index (χ1v) is 4.77. The molecule has 2 aliphatic heterocycles. The number of rotatable bonds is 2. The van der Waals surface area contributed by atoms with Crippen molar-refractivity contribution < 1.29 is 14.3 Å². The third-order valence-corrected chi connectivity index (χ3v) is 2.93. The van der Waals surface area contributed by atoms with E-state index in [0.29, 0.717) is 24.7 Å². The molecular formula is C9H15NO3. The number of hydrogen-bond acceptors (Lipinski definition) is 3. The highest BCUT2D eigenvalue weighted by Crippen LogP contribution is 2.38. The molecular weight excluding hydrogens is 170 g/mol. The number of amides is 1. The standard InChI is InChI=1S/C9H15NO3/c1-12-9(11)10-5-6-4-7-2-3-8(6)13-7/h6-8H,2-5H2,1H3,(H,10,11)/t6-,7-,8+/m1/s1. The average Bonchev–Trinajstić information content (AvgIpc) is 2.74. The molecule has 0 aromatic carbocycles. The van der Waals surface area contributed by atoms with Crippen molar-refractivity contribution in [3.8, 4) is 0 Å². The van der Waals surface area contributed by atoms with Crippen molar-refractivity contribution in [2.75, 3.05) is 13.7 Å². The highest BCUT2D eigenvalue weighted by Gasteiger charge is 2.40. The van der Waals surface area contributed by atoms with Gasteiger partial charge in [-0.3, -0.25) is 0 Å². The molecule has 0 spiro atoms. The summed E-state index contributed by atoms with van der Waals surface area (Å²) in [6.07, 6.45) is 3.92. The number of carbonyl (C=O) groups excluding carboxylic acids is 1. The molecule has 0 saturated carbocycles. The fourth-order valence-electron chi connectivity index (χ4n) is 2.24. The molecule has 13 heavy (non-hydrogen) atoms. The smallest absolute Gasteiger partial charge is 0.406 e. The zero-order valence-electron chi connectivity index (χ0n) is 7.79. The Kier molecular flexibility index (Phi) is 2.40. The second-order valence-electron chi connectivity index (χ2n) is 3.74. The SMILES string of the molecule is COC(=O)NC[C@H]1C[C@H]2CC[C@@H]1O2. The minimum Gasteiger partial charge on any atom is -0.453 e. The monoisotopic (exact) mass is 185 g/mol. The first-order chi connectivity index (χ1) is 6.29. The van der Waals surface area contributed by atoms with E-state index in [9.17, 15) is 4.79 Å². The first kappa shape index (κ1) is 8.81. The van der Waals surface area contributed by atoms with Gasteiger partial charge in [-0.2, -0.15) is 0 Å². The van der Waals surface area contributed by atoms with Crippen LogP contribution < -0.4 is 5.32 Å². The molecule has 2 aliphatic rings. The lowest BCUT2D eigenvalue weighted by Gasteiger charge is -2.18. The van der Waals surface area contributed by atoms with E-state index in [4.69, 9.17) is 4.74 Å². The molecule has 4 nitrogen and oxygen atoms in total. The number of nitrogens with one attached hydrogen (secondary N) is 1. The summed E-state index contributed by atoms with van der Waals surface area (Å²) in [4.78, 5) is 10.8. The van der Waals surface area contributed by atoms with E-state index in [1.165, 1.54) is 13.5 Å². The summed E-state index contributed by atoms with van der Waals surface area (Å²) in [5.41, 5.74) is 0. The van der Waals surface area contributed by atoms with Crippen LogP contribution in [0.3, 0.4) is 0 Å². The summed E-state index contributed by atoms with van der Waals surface area (Å²) in [5, 5.41) is 2.72. The normalized spacial score (nSPS) is 36.2. The van der Waals surface area contributed by atoms with Crippen molar-refractivity contribution >= 4 is 6.09 Å². The molecule has 74 valence electrons. The van der Waals surface area contributed by atoms with Gasteiger partial charge < -0.3 is 14.8 Å². The van der Waals surface area contributed by atoms with Crippen LogP contribution in [0.15, 0.2) is 0 Å². The van der Waals surface area contributed by atoms with Gasteiger partial charge in [0.25, 0.3) is 0 Å². The van der Waals surface area contributed by atoms with Crippen LogP contribution in [0.25, 0.3) is 0 Å². The van der Waals surface area contributed by atoms with Crippen LogP contribution in [0.1, 0.15) is 19.3 Å². The molecule has 2 saturated heterocycles. The molecule has 0 aromatic heterocycles. The number of hydrogen-bond donors (Lipinski definition) is 1. The Morgan fingerprint density at radius 3 is 3.00 bits per heavy atom. The minimum absolute atomic E-state index is 0.345. The van der Waals surface area contributed by atoms with Crippen LogP contribution in [0.5, 0.6) is 0 Å². The summed E-state index contributed by atoms with van der Waals surface area (Å²) < 4.78 is 10.2. The second-order valence-corrected chi connectivity index (χ2v) is 3.74. The Bertz CT molecular complexity index is 207. The van der Waals surface area contributed by atoms with Crippen LogP contribution >= 0.6 is 0 Å². The number of alkyl carbamates (subject to hydrolysis) is 1. The predicted molar refractivity (Wildman–Crippen MR) is 46.4 cm³/mol. The summed E-state index contributed by atoms with van der Waals surface area (Å²) in [6.45, 7) is 0.688. The predicted octanol–water partition coefficient (Wildman–Crippen LogP) is 0.910. The van der Waals surface area contributed by atoms with Gasteiger partial charge in [-0.15, -0.1) is 0 Å². The third kappa shape index (κ3) is 1.77. The highest BCUT2D eigenvalue weighted by molar-refractivity contribution is 5.66. The number of fused-ring (bicyclic) bond motifs is 2. The van der Waals surface area contributed by atoms with Gasteiger partial charge in [0.1, 0.15) is 0 Å². The van der Waals surface area contributed by atoms with Gasteiger partial charge in [0.2, 0.25) is 0 Å². The fourth-order valence-corrected chi connectivity index (χ4v) is 2.24. The van der Waals surface area contributed by atoms with E-state index in [1.807, 2.05) is 0 Å². The maximum atomic E-state index is 10.8. The minimum atomic E-state index is -0.345. The van der Waals surface area contributed by atoms with Gasteiger partial charge in [0, 0.05) is 12.5 Å². The lowest BCUT2D eigenvalue weighted by atomic mass is 9.89. The number of methoxy groups -OCH3 is 1. The van der Waals surface area contributed by atoms with E-state index in [1.54, 1.807) is 0 Å². The molecule has 2 heterocycles. The molecule has 4 heteroatoms. The van der Waals surface area contributed by atoms with Gasteiger partial charge in [-0.25, -0.2) is 4.79 Å². The van der Waals surface area contributed by atoms with Crippen molar-refractivity contribution in [2.45, 2.75) is 31.5 Å². The molecule has 0 aliphatic carbocycles. The topological polar surface area (TPSA) is 47.6 Å². The average molecular weight is 185 g/mol. The van der Waals surface area contributed by atoms with Crippen molar-refractivity contribution in [2.24, 2.45) is 5.92 Å². The Morgan fingerprint density at radius 1 is 1.62 bits per heavy atom. The lowest BCUT2D eigenvalue weighted by molar-refractivity contribution is 0.0920. The van der Waals surface area contributed by atoms with Gasteiger partial charge in [0.15, 0.2) is 0 Å². The Hall–Kier alpha value is -0.770. The Morgan fingerprint density at radius 2 is 2.46 bits per heavy atom. The van der Waals surface area contributed by atoms with Gasteiger partial charge in [-0.1, -0.05) is 0 Å². The van der Waals surface area contributed by atoms with Gasteiger partial charge >= 0.3 is 6.09 Å². The molecule has 1 N–H and O–H groups in total. The fraction of sp³-hybridized carbons (Fsp3) is 0.889. The number of carbonyl (C=O) groups is 1. The van der Waals surface area contributed by atoms with E-state index < -0.39 is 0 Å². The first-order valence-electron chi connectivity index (χ1n) is 4.77. The molecule has 0 aromatic rings. The van der Waals surface area contributed by atoms with Crippen LogP contribution in [0.2, 0.25) is 0 Å². The maximum absolute atomic E-state index is 10.8. The highest BCUT2D eigenvalue weighted by atomic mass is 16.5. The molecule has 0 unspecified atom stereocenters. The molecule has 2 rings (SSSR count). The molecule has 2 bridgehead atoms. The van der Waals surface area contributed by atoms with Crippen LogP contribution in [-0.4, -0.2) is 32.0 Å². The van der Waals surface area contributed by atoms with E-state index in [-0.39, 0.29) is 6.09 Å². The summed E-state index contributed by atoms with van der Waals surface area (Å²) >= 11 is 0. The van der Waals surface area contributed by atoms with Crippen molar-refractivity contribution in [3.63, 3.8) is 0 Å². The van der Waals surface area contributed by atoms with Crippen molar-refractivity contribution in [3.05, 3.63) is 0 Å². The largest absolute Gasteiger partial charge is 0.453 e. The van der Waals surface area contributed by atoms with Crippen LogP contribution in [-0.2, 0) is 9.47 Å². The molecule has 3 atom stereocenters. The van der Waals surface area contributed by atoms with E-state index in [2.05, 4.69) is 10.1 Å². The Labute approximate surface area is 77.6 Å². The zero-order valence-corrected chi connectivity index (χ0v) is 7.79. The van der Waals surface area contributed by atoms with Crippen molar-refractivity contribution in [1.82, 2.24) is 5.32 Å². The van der Waals surface area contributed by atoms with E-state index >= 15 is 0 Å². The quantitative estimate of drug-likeness (QED) is 0.695. The summed E-state index contributed by atoms with van der Waals surface area (Å²) in [6, 6.07) is 0. The summed E-state index contributed by atoms with van der Waals surface area (Å²) in [5.74, 6) is 0.498. The molecule has 1 amide bonds. The zero-order chi connectivity index (χ0) is 9.26. The Balaban J connectivity index is 1.74. The van der Waals surface area contributed by atoms with Gasteiger partial charge in [-0.05, 0) is 19.3 Å². The molecule has 0 radical (unpaired) electrons. The third-order valence-electron chi connectivity index (χ3n) is 2.93. The lowest BCUT2D eigenvalue weighted by Crippen LogP contribution is -2.33. The van der Waals surface area contributed by atoms with Crippen LogP contribution in [0, 0.1) is 5.92 Å². The number of ether oxygens (including phenoxy) is 2. The maximum Gasteiger partial charge on any atom is 0.406 e. The summed E-state index contributed by atoms with van der Waals surface area (Å²) in [7, 11) is 1.38. The molecule has 2 fully saturated rings. The van der Waals surface area contributed by atoms with Crippen molar-refractivity contribution in [1.29, 1.82) is 0 Å². The van der Waals surface area contributed by atoms with Crippen LogP contribution in [0.4, 0.5) is 4.79 Å². The van der Waals surface area contributed by atoms with E-state index in [0.717, 1.165) is 12.8 Å². The van der Waals surface area contributed by atoms with Gasteiger partial charge in [0.05, 0.1) is 19.3 Å².